The van der Waals surface area contributed by atoms with E-state index in [1.54, 1.807) is 49.6 Å². The van der Waals surface area contributed by atoms with Gasteiger partial charge in [-0.2, -0.15) is 0 Å². The largest absolute Gasteiger partial charge is 0.504 e. The van der Waals surface area contributed by atoms with Gasteiger partial charge in [-0.05, 0) is 42.0 Å². The van der Waals surface area contributed by atoms with Crippen LogP contribution >= 0.6 is 0 Å². The number of carbonyl (C=O) groups is 1. The molecule has 2 atom stereocenters. The Balaban J connectivity index is 2.15. The normalized spacial score (nSPS) is 12.6. The second-order valence-corrected chi connectivity index (χ2v) is 5.71. The zero-order valence-electron chi connectivity index (χ0n) is 15.1. The Labute approximate surface area is 153 Å². The molecule has 6 heteroatoms. The molecule has 2 aromatic carbocycles. The Kier molecular flexibility index (Phi) is 6.49. The average molecular weight is 357 g/mol. The standard InChI is InChI=1S/C20H23NO5/c1-5-13(2)19(14-6-11-18(25-4)17(22)12-14)26-20(23)21-15-7-9-16(24-3)10-8-15/h5-13,19,22H,1H2,2-4H3,(H,21,23)/t13-,19+/m1/s1. The molecule has 26 heavy (non-hydrogen) atoms. The van der Waals surface area contributed by atoms with E-state index in [1.807, 2.05) is 6.92 Å². The Bertz CT molecular complexity index is 757. The lowest BCUT2D eigenvalue weighted by atomic mass is 9.97. The van der Waals surface area contributed by atoms with Gasteiger partial charge in [-0.15, -0.1) is 6.58 Å². The van der Waals surface area contributed by atoms with Gasteiger partial charge in [0.2, 0.25) is 0 Å². The number of nitrogens with one attached hydrogen (secondary N) is 1. The van der Waals surface area contributed by atoms with Gasteiger partial charge in [-0.1, -0.05) is 19.1 Å². The molecule has 0 unspecified atom stereocenters. The van der Waals surface area contributed by atoms with Gasteiger partial charge >= 0.3 is 6.09 Å². The fourth-order valence-corrected chi connectivity index (χ4v) is 2.42. The first-order chi connectivity index (χ1) is 12.5. The molecule has 2 N–H and O–H groups in total. The number of amides is 1. The van der Waals surface area contributed by atoms with Crippen molar-refractivity contribution in [1.82, 2.24) is 0 Å². The van der Waals surface area contributed by atoms with Gasteiger partial charge in [-0.3, -0.25) is 5.32 Å². The molecule has 0 aliphatic rings. The number of phenolic OH excluding ortho intramolecular Hbond substituents is 1. The molecule has 0 saturated heterocycles. The predicted octanol–water partition coefficient (Wildman–Crippen LogP) is 4.52. The minimum atomic E-state index is -0.609. The third kappa shape index (κ3) is 4.69. The molecule has 0 radical (unpaired) electrons. The zero-order chi connectivity index (χ0) is 19.1. The number of hydrogen-bond donors (Lipinski definition) is 2. The smallest absolute Gasteiger partial charge is 0.412 e. The summed E-state index contributed by atoms with van der Waals surface area (Å²) in [6.07, 6.45) is 0.471. The van der Waals surface area contributed by atoms with Crippen molar-refractivity contribution in [3.05, 3.63) is 60.7 Å². The van der Waals surface area contributed by atoms with Crippen molar-refractivity contribution < 1.29 is 24.1 Å². The van der Waals surface area contributed by atoms with Crippen LogP contribution in [0, 0.1) is 5.92 Å². The van der Waals surface area contributed by atoms with Crippen molar-refractivity contribution in [1.29, 1.82) is 0 Å². The van der Waals surface area contributed by atoms with E-state index in [-0.39, 0.29) is 11.7 Å². The third-order valence-electron chi connectivity index (χ3n) is 3.95. The highest BCUT2D eigenvalue weighted by atomic mass is 16.6. The van der Waals surface area contributed by atoms with Crippen LogP contribution in [0.15, 0.2) is 55.1 Å². The minimum absolute atomic E-state index is 0.0228. The molecular weight excluding hydrogens is 334 g/mol. The molecule has 138 valence electrons. The zero-order valence-corrected chi connectivity index (χ0v) is 15.1. The number of rotatable bonds is 7. The lowest BCUT2D eigenvalue weighted by molar-refractivity contribution is 0.0895. The van der Waals surface area contributed by atoms with Crippen LogP contribution in [-0.2, 0) is 4.74 Å². The Morgan fingerprint density at radius 2 is 1.85 bits per heavy atom. The van der Waals surface area contributed by atoms with Crippen molar-refractivity contribution in [3.63, 3.8) is 0 Å². The Morgan fingerprint density at radius 3 is 2.38 bits per heavy atom. The maximum absolute atomic E-state index is 12.3. The quantitative estimate of drug-likeness (QED) is 0.712. The number of phenols is 1. The summed E-state index contributed by atoms with van der Waals surface area (Å²) in [5.74, 6) is 0.854. The number of aromatic hydroxyl groups is 1. The van der Waals surface area contributed by atoms with Crippen LogP contribution in [0.2, 0.25) is 0 Å². The van der Waals surface area contributed by atoms with Crippen LogP contribution < -0.4 is 14.8 Å². The number of hydrogen-bond acceptors (Lipinski definition) is 5. The van der Waals surface area contributed by atoms with E-state index >= 15 is 0 Å². The summed E-state index contributed by atoms with van der Waals surface area (Å²) in [5, 5.41) is 12.7. The van der Waals surface area contributed by atoms with Gasteiger partial charge in [0, 0.05) is 11.6 Å². The van der Waals surface area contributed by atoms with Crippen LogP contribution in [-0.4, -0.2) is 25.4 Å². The van der Waals surface area contributed by atoms with E-state index in [1.165, 1.54) is 13.2 Å². The number of anilines is 1. The maximum atomic E-state index is 12.3. The summed E-state index contributed by atoms with van der Waals surface area (Å²) in [5.41, 5.74) is 1.22. The van der Waals surface area contributed by atoms with E-state index in [2.05, 4.69) is 11.9 Å². The molecule has 0 bridgehead atoms. The first-order valence-electron chi connectivity index (χ1n) is 8.09. The molecule has 0 fully saturated rings. The Hall–Kier alpha value is -3.15. The highest BCUT2D eigenvalue weighted by Crippen LogP contribution is 2.34. The van der Waals surface area contributed by atoms with Crippen molar-refractivity contribution >= 4 is 11.8 Å². The molecule has 0 aliphatic carbocycles. The fraction of sp³-hybridized carbons (Fsp3) is 0.250. The second kappa shape index (κ2) is 8.80. The lowest BCUT2D eigenvalue weighted by Gasteiger charge is -2.23. The van der Waals surface area contributed by atoms with E-state index in [9.17, 15) is 9.90 Å². The van der Waals surface area contributed by atoms with Crippen LogP contribution in [0.25, 0.3) is 0 Å². The van der Waals surface area contributed by atoms with E-state index in [0.29, 0.717) is 22.7 Å². The average Bonchev–Trinajstić information content (AvgIpc) is 2.66. The Morgan fingerprint density at radius 1 is 1.15 bits per heavy atom. The topological polar surface area (TPSA) is 77.0 Å². The molecule has 1 amide bonds. The number of methoxy groups -OCH3 is 2. The van der Waals surface area contributed by atoms with Gasteiger partial charge in [0.1, 0.15) is 11.9 Å². The molecule has 0 heterocycles. The number of ether oxygens (including phenoxy) is 3. The van der Waals surface area contributed by atoms with E-state index in [4.69, 9.17) is 14.2 Å². The van der Waals surface area contributed by atoms with Crippen LogP contribution in [0.5, 0.6) is 17.2 Å². The SMILES string of the molecule is C=C[C@@H](C)[C@H](OC(=O)Nc1ccc(OC)cc1)c1ccc(OC)c(O)c1. The van der Waals surface area contributed by atoms with Crippen molar-refractivity contribution in [3.8, 4) is 17.2 Å². The molecule has 6 nitrogen and oxygen atoms in total. The fourth-order valence-electron chi connectivity index (χ4n) is 2.42. The van der Waals surface area contributed by atoms with E-state index in [0.717, 1.165) is 0 Å². The predicted molar refractivity (Wildman–Crippen MR) is 99.9 cm³/mol. The summed E-state index contributed by atoms with van der Waals surface area (Å²) < 4.78 is 15.7. The maximum Gasteiger partial charge on any atom is 0.412 e. The van der Waals surface area contributed by atoms with Crippen LogP contribution in [0.1, 0.15) is 18.6 Å². The second-order valence-electron chi connectivity index (χ2n) is 5.71. The summed E-state index contributed by atoms with van der Waals surface area (Å²) in [6.45, 7) is 5.64. The minimum Gasteiger partial charge on any atom is -0.504 e. The first kappa shape index (κ1) is 19.2. The summed E-state index contributed by atoms with van der Waals surface area (Å²) >= 11 is 0. The molecule has 2 aromatic rings. The summed E-state index contributed by atoms with van der Waals surface area (Å²) in [4.78, 5) is 12.3. The van der Waals surface area contributed by atoms with Gasteiger partial charge in [0.05, 0.1) is 14.2 Å². The molecule has 0 aliphatic heterocycles. The van der Waals surface area contributed by atoms with Gasteiger partial charge in [0.25, 0.3) is 0 Å². The summed E-state index contributed by atoms with van der Waals surface area (Å²) in [6, 6.07) is 11.8. The highest BCUT2D eigenvalue weighted by Gasteiger charge is 2.23. The number of benzene rings is 2. The van der Waals surface area contributed by atoms with Crippen LogP contribution in [0.4, 0.5) is 10.5 Å². The van der Waals surface area contributed by atoms with Crippen LogP contribution in [0.3, 0.4) is 0 Å². The first-order valence-corrected chi connectivity index (χ1v) is 8.09. The molecule has 0 saturated carbocycles. The third-order valence-corrected chi connectivity index (χ3v) is 3.95. The van der Waals surface area contributed by atoms with Gasteiger partial charge < -0.3 is 19.3 Å². The van der Waals surface area contributed by atoms with Gasteiger partial charge in [-0.25, -0.2) is 4.79 Å². The lowest BCUT2D eigenvalue weighted by Crippen LogP contribution is -2.21. The summed E-state index contributed by atoms with van der Waals surface area (Å²) in [7, 11) is 3.04. The molecule has 0 spiro atoms. The van der Waals surface area contributed by atoms with Crippen molar-refractivity contribution in [2.75, 3.05) is 19.5 Å². The molecule has 2 rings (SSSR count). The van der Waals surface area contributed by atoms with E-state index < -0.39 is 12.2 Å². The number of carbonyl (C=O) groups excluding carboxylic acids is 1. The molecular formula is C20H23NO5. The van der Waals surface area contributed by atoms with Crippen molar-refractivity contribution in [2.45, 2.75) is 13.0 Å². The highest BCUT2D eigenvalue weighted by molar-refractivity contribution is 5.84. The van der Waals surface area contributed by atoms with Crippen molar-refractivity contribution in [2.24, 2.45) is 5.92 Å². The monoisotopic (exact) mass is 357 g/mol. The van der Waals surface area contributed by atoms with Gasteiger partial charge in [0.15, 0.2) is 11.5 Å². The molecule has 0 aromatic heterocycles.